The van der Waals surface area contributed by atoms with Crippen molar-refractivity contribution in [1.29, 1.82) is 0 Å². The molecule has 0 aliphatic rings. The largest absolute Gasteiger partial charge is 0.491 e. The molecule has 0 amide bonds. The van der Waals surface area contributed by atoms with Gasteiger partial charge in [0.2, 0.25) is 0 Å². The highest BCUT2D eigenvalue weighted by molar-refractivity contribution is 5.85. The molecule has 0 aliphatic carbocycles. The van der Waals surface area contributed by atoms with E-state index in [1.165, 1.54) is 0 Å². The van der Waals surface area contributed by atoms with E-state index in [0.29, 0.717) is 11.3 Å². The molecule has 0 fully saturated rings. The molecule has 2 nitrogen and oxygen atoms in total. The van der Waals surface area contributed by atoms with Crippen LogP contribution in [0.3, 0.4) is 0 Å². The summed E-state index contributed by atoms with van der Waals surface area (Å²) in [6.45, 7) is 3.81. The second-order valence-corrected chi connectivity index (χ2v) is 4.50. The van der Waals surface area contributed by atoms with Crippen LogP contribution in [0, 0.1) is 0 Å². The van der Waals surface area contributed by atoms with E-state index < -0.39 is 18.6 Å². The van der Waals surface area contributed by atoms with Gasteiger partial charge in [0.1, 0.15) is 5.75 Å². The van der Waals surface area contributed by atoms with Crippen molar-refractivity contribution in [3.63, 3.8) is 0 Å². The smallest absolute Gasteiger partial charge is 0.389 e. The molecule has 0 spiro atoms. The molecule has 0 bridgehead atoms. The molecule has 0 saturated heterocycles. The Morgan fingerprint density at radius 2 is 1.68 bits per heavy atom. The van der Waals surface area contributed by atoms with Gasteiger partial charge in [-0.1, -0.05) is 12.1 Å². The topological polar surface area (TPSA) is 35.2 Å². The van der Waals surface area contributed by atoms with Gasteiger partial charge in [-0.15, -0.1) is 12.4 Å². The lowest BCUT2D eigenvalue weighted by atomic mass is 10.0. The van der Waals surface area contributed by atoms with Crippen LogP contribution in [0.25, 0.3) is 0 Å². The van der Waals surface area contributed by atoms with Crippen LogP contribution in [-0.4, -0.2) is 12.3 Å². The highest BCUT2D eigenvalue weighted by Crippen LogP contribution is 2.27. The molecule has 19 heavy (non-hydrogen) atoms. The Kier molecular flexibility index (Phi) is 7.23. The Morgan fingerprint density at radius 1 is 1.16 bits per heavy atom. The molecular formula is C13H19ClF3NO. The molecule has 0 heterocycles. The lowest BCUT2D eigenvalue weighted by Crippen LogP contribution is -2.15. The van der Waals surface area contributed by atoms with Crippen molar-refractivity contribution in [2.75, 3.05) is 0 Å². The van der Waals surface area contributed by atoms with Crippen LogP contribution < -0.4 is 10.5 Å². The van der Waals surface area contributed by atoms with Crippen molar-refractivity contribution in [3.05, 3.63) is 29.8 Å². The molecule has 6 heteroatoms. The Morgan fingerprint density at radius 3 is 2.11 bits per heavy atom. The van der Waals surface area contributed by atoms with Crippen LogP contribution in [0.1, 0.15) is 38.3 Å². The second-order valence-electron chi connectivity index (χ2n) is 4.50. The Bertz CT molecular complexity index is 365. The lowest BCUT2D eigenvalue weighted by Gasteiger charge is -2.15. The summed E-state index contributed by atoms with van der Waals surface area (Å²) in [6.07, 6.45) is -5.06. The fourth-order valence-corrected chi connectivity index (χ4v) is 1.55. The van der Waals surface area contributed by atoms with Gasteiger partial charge in [-0.25, -0.2) is 0 Å². The number of halogens is 4. The van der Waals surface area contributed by atoms with Gasteiger partial charge in [-0.3, -0.25) is 0 Å². The number of benzene rings is 1. The maximum absolute atomic E-state index is 12.1. The van der Waals surface area contributed by atoms with Gasteiger partial charge in [-0.05, 0) is 38.0 Å². The molecule has 2 N–H and O–H groups in total. The molecule has 0 aromatic heterocycles. The highest BCUT2D eigenvalue weighted by atomic mass is 35.5. The summed E-state index contributed by atoms with van der Waals surface area (Å²) in [5, 5.41) is 0. The number of hydrogen-bond donors (Lipinski definition) is 1. The molecule has 110 valence electrons. The zero-order chi connectivity index (χ0) is 13.8. The van der Waals surface area contributed by atoms with E-state index >= 15 is 0 Å². The first-order valence-corrected chi connectivity index (χ1v) is 5.87. The molecule has 1 aromatic rings. The van der Waals surface area contributed by atoms with E-state index in [-0.39, 0.29) is 24.9 Å². The lowest BCUT2D eigenvalue weighted by molar-refractivity contribution is -0.136. The van der Waals surface area contributed by atoms with Gasteiger partial charge in [0, 0.05) is 12.5 Å². The number of alkyl halides is 3. The summed E-state index contributed by atoms with van der Waals surface area (Å²) in [7, 11) is 0. The predicted molar refractivity (Wildman–Crippen MR) is 71.7 cm³/mol. The third-order valence-electron chi connectivity index (χ3n) is 2.42. The van der Waals surface area contributed by atoms with Crippen LogP contribution in [0.15, 0.2) is 24.3 Å². The second kappa shape index (κ2) is 7.60. The first kappa shape index (κ1) is 18.1. The fourth-order valence-electron chi connectivity index (χ4n) is 1.55. The summed E-state index contributed by atoms with van der Waals surface area (Å²) in [6, 6.07) is 6.27. The van der Waals surface area contributed by atoms with Crippen LogP contribution in [0.4, 0.5) is 13.2 Å². The van der Waals surface area contributed by atoms with Gasteiger partial charge in [-0.2, -0.15) is 13.2 Å². The molecular weight excluding hydrogens is 279 g/mol. The van der Waals surface area contributed by atoms with Gasteiger partial charge in [0.05, 0.1) is 6.10 Å². The third-order valence-corrected chi connectivity index (χ3v) is 2.42. The summed E-state index contributed by atoms with van der Waals surface area (Å²) in [4.78, 5) is 0. The first-order chi connectivity index (χ1) is 8.28. The third kappa shape index (κ3) is 7.28. The minimum Gasteiger partial charge on any atom is -0.491 e. The highest BCUT2D eigenvalue weighted by Gasteiger charge is 2.27. The van der Waals surface area contributed by atoms with Crippen LogP contribution >= 0.6 is 12.4 Å². The number of rotatable bonds is 5. The average molecular weight is 298 g/mol. The summed E-state index contributed by atoms with van der Waals surface area (Å²) < 4.78 is 41.6. The Balaban J connectivity index is 0.00000324. The minimum absolute atomic E-state index is 0. The maximum Gasteiger partial charge on any atom is 0.389 e. The van der Waals surface area contributed by atoms with Crippen molar-refractivity contribution in [2.24, 2.45) is 5.73 Å². The van der Waals surface area contributed by atoms with Crippen molar-refractivity contribution in [3.8, 4) is 5.75 Å². The van der Waals surface area contributed by atoms with E-state index in [1.54, 1.807) is 24.3 Å². The molecule has 0 unspecified atom stereocenters. The maximum atomic E-state index is 12.1. The van der Waals surface area contributed by atoms with E-state index in [0.717, 1.165) is 0 Å². The number of ether oxygens (including phenoxy) is 1. The SMILES string of the molecule is CC(C)Oc1ccc([C@H](N)CCC(F)(F)F)cc1.Cl. The Labute approximate surface area is 117 Å². The molecule has 0 radical (unpaired) electrons. The van der Waals surface area contributed by atoms with Crippen molar-refractivity contribution >= 4 is 12.4 Å². The molecule has 1 atom stereocenters. The van der Waals surface area contributed by atoms with Gasteiger partial charge < -0.3 is 10.5 Å². The van der Waals surface area contributed by atoms with Crippen molar-refractivity contribution in [1.82, 2.24) is 0 Å². The van der Waals surface area contributed by atoms with Crippen LogP contribution in [0.2, 0.25) is 0 Å². The number of hydrogen-bond acceptors (Lipinski definition) is 2. The standard InChI is InChI=1S/C13H18F3NO.ClH/c1-9(2)18-11-5-3-10(4-6-11)12(17)7-8-13(14,15)16;/h3-6,9,12H,7-8,17H2,1-2H3;1H/t12-;/m1./s1. The van der Waals surface area contributed by atoms with Gasteiger partial charge >= 0.3 is 6.18 Å². The quantitative estimate of drug-likeness (QED) is 0.882. The van der Waals surface area contributed by atoms with Gasteiger partial charge in [0.25, 0.3) is 0 Å². The van der Waals surface area contributed by atoms with E-state index in [9.17, 15) is 13.2 Å². The monoisotopic (exact) mass is 297 g/mol. The minimum atomic E-state index is -4.15. The van der Waals surface area contributed by atoms with Crippen LogP contribution in [-0.2, 0) is 0 Å². The fraction of sp³-hybridized carbons (Fsp3) is 0.538. The average Bonchev–Trinajstić information content (AvgIpc) is 2.25. The molecule has 0 aliphatic heterocycles. The van der Waals surface area contributed by atoms with E-state index in [1.807, 2.05) is 13.8 Å². The summed E-state index contributed by atoms with van der Waals surface area (Å²) in [5.41, 5.74) is 6.40. The van der Waals surface area contributed by atoms with Crippen molar-refractivity contribution in [2.45, 2.75) is 45.0 Å². The van der Waals surface area contributed by atoms with Crippen LogP contribution in [0.5, 0.6) is 5.75 Å². The van der Waals surface area contributed by atoms with Crippen molar-refractivity contribution < 1.29 is 17.9 Å². The predicted octanol–water partition coefficient (Wildman–Crippen LogP) is 4.24. The van der Waals surface area contributed by atoms with E-state index in [2.05, 4.69) is 0 Å². The summed E-state index contributed by atoms with van der Waals surface area (Å²) >= 11 is 0. The summed E-state index contributed by atoms with van der Waals surface area (Å²) in [5.74, 6) is 0.691. The number of nitrogens with two attached hydrogens (primary N) is 1. The zero-order valence-corrected chi connectivity index (χ0v) is 11.7. The zero-order valence-electron chi connectivity index (χ0n) is 10.9. The molecule has 0 saturated carbocycles. The normalized spacial score (nSPS) is 13.0. The van der Waals surface area contributed by atoms with E-state index in [4.69, 9.17) is 10.5 Å². The first-order valence-electron chi connectivity index (χ1n) is 5.87. The van der Waals surface area contributed by atoms with Gasteiger partial charge in [0.15, 0.2) is 0 Å². The molecule has 1 aromatic carbocycles. The Hall–Kier alpha value is -0.940. The molecule has 1 rings (SSSR count).